The Bertz CT molecular complexity index is 241. The second kappa shape index (κ2) is 9.91. The molecule has 2 aliphatic heterocycles. The van der Waals surface area contributed by atoms with E-state index in [4.69, 9.17) is 0 Å². The van der Waals surface area contributed by atoms with Crippen molar-refractivity contribution in [2.75, 3.05) is 11.5 Å². The van der Waals surface area contributed by atoms with Gasteiger partial charge in [0, 0.05) is 0 Å². The van der Waals surface area contributed by atoms with Gasteiger partial charge in [-0.3, -0.25) is 0 Å². The summed E-state index contributed by atoms with van der Waals surface area (Å²) in [5.74, 6) is 2.83. The van der Waals surface area contributed by atoms with E-state index < -0.39 is 15.6 Å². The molecule has 2 saturated heterocycles. The molecule has 0 aromatic rings. The fourth-order valence-corrected chi connectivity index (χ4v) is 52.8. The molecule has 0 amide bonds. The van der Waals surface area contributed by atoms with Crippen LogP contribution in [0.15, 0.2) is 0 Å². The summed E-state index contributed by atoms with van der Waals surface area (Å²) in [7, 11) is 7.31. The number of thioether (sulfide) groups is 3. The molecule has 0 aromatic heterocycles. The first-order chi connectivity index (χ1) is 9.17. The van der Waals surface area contributed by atoms with E-state index >= 15 is 0 Å². The minimum atomic E-state index is -1.35. The van der Waals surface area contributed by atoms with Crippen LogP contribution in [0.25, 0.3) is 0 Å². The summed E-state index contributed by atoms with van der Waals surface area (Å²) in [4.78, 5) is 0. The molecule has 0 bridgehead atoms. The van der Waals surface area contributed by atoms with Crippen molar-refractivity contribution in [3.8, 4) is 0 Å². The van der Waals surface area contributed by atoms with Gasteiger partial charge in [-0.1, -0.05) is 0 Å². The molecule has 111 valence electrons. The number of hydrogen-bond acceptors (Lipinski definition) is 6. The molecule has 3 atom stereocenters. The molecule has 2 fully saturated rings. The first-order valence-electron chi connectivity index (χ1n) is 6.93. The Morgan fingerprint density at radius 2 is 1.63 bits per heavy atom. The van der Waals surface area contributed by atoms with Crippen molar-refractivity contribution in [3.63, 3.8) is 0 Å². The fraction of sp³-hybridized carbons (Fsp3) is 1.00. The maximum absolute atomic E-state index is 2.44. The van der Waals surface area contributed by atoms with Crippen molar-refractivity contribution in [1.29, 1.82) is 0 Å². The van der Waals surface area contributed by atoms with Crippen LogP contribution >= 0.6 is 62.1 Å². The molecule has 0 spiro atoms. The van der Waals surface area contributed by atoms with Gasteiger partial charge in [0.15, 0.2) is 0 Å². The van der Waals surface area contributed by atoms with E-state index in [0.29, 0.717) is 0 Å². The predicted molar refractivity (Wildman–Crippen MR) is 107 cm³/mol. The third-order valence-electron chi connectivity index (χ3n) is 2.75. The molecular formula is C12H23S6Sn. The molecule has 2 rings (SSSR count). The molecule has 2 aliphatic rings. The van der Waals surface area contributed by atoms with E-state index in [9.17, 15) is 0 Å². The third-order valence-corrected chi connectivity index (χ3v) is 38.5. The molecule has 0 aromatic carbocycles. The van der Waals surface area contributed by atoms with Crippen LogP contribution in [0, 0.1) is 0 Å². The van der Waals surface area contributed by atoms with Crippen LogP contribution in [0.5, 0.6) is 0 Å². The van der Waals surface area contributed by atoms with Crippen LogP contribution in [-0.4, -0.2) is 46.1 Å². The van der Waals surface area contributed by atoms with Gasteiger partial charge in [0.25, 0.3) is 0 Å². The van der Waals surface area contributed by atoms with E-state index in [1.54, 1.807) is 0 Å². The van der Waals surface area contributed by atoms with Gasteiger partial charge < -0.3 is 0 Å². The summed E-state index contributed by atoms with van der Waals surface area (Å²) in [6, 6.07) is 0. The van der Waals surface area contributed by atoms with Crippen molar-refractivity contribution >= 4 is 77.7 Å². The zero-order valence-corrected chi connectivity index (χ0v) is 19.5. The first-order valence-corrected chi connectivity index (χ1v) is 23.1. The van der Waals surface area contributed by atoms with Crippen molar-refractivity contribution in [2.24, 2.45) is 0 Å². The molecule has 19 heavy (non-hydrogen) atoms. The van der Waals surface area contributed by atoms with Gasteiger partial charge in [0.05, 0.1) is 0 Å². The van der Waals surface area contributed by atoms with Crippen LogP contribution in [0.2, 0.25) is 0 Å². The average Bonchev–Trinajstić information content (AvgIpc) is 2.25. The summed E-state index contributed by atoms with van der Waals surface area (Å²) >= 11 is 5.27. The minimum absolute atomic E-state index is 0.785. The topological polar surface area (TPSA) is 0 Å². The van der Waals surface area contributed by atoms with E-state index in [1.165, 1.54) is 30.8 Å². The summed E-state index contributed by atoms with van der Waals surface area (Å²) < 4.78 is 2.81. The third kappa shape index (κ3) is 6.90. The van der Waals surface area contributed by atoms with Crippen LogP contribution in [0.3, 0.4) is 0 Å². The van der Waals surface area contributed by atoms with Crippen LogP contribution < -0.4 is 0 Å². The number of hydrogen-bond donors (Lipinski definition) is 0. The standard InChI is InChI=1S/C6H14S2.2C3H6S2.Sn/c1-4-6(7)8-5(2)3;2*4-3-1-2-5-3;/h5-7H,4H2,1-3H3;2*3-4H,1-2H2;/q;;;+3/p-3. The summed E-state index contributed by atoms with van der Waals surface area (Å²) in [5.41, 5.74) is 0. The Hall–Kier alpha value is 2.90. The molecule has 1 radical (unpaired) electrons. The second-order valence-corrected chi connectivity index (χ2v) is 33.4. The normalized spacial score (nSPS) is 28.3. The molecule has 0 nitrogen and oxygen atoms in total. The van der Waals surface area contributed by atoms with Gasteiger partial charge in [-0.05, 0) is 0 Å². The van der Waals surface area contributed by atoms with Crippen molar-refractivity contribution in [1.82, 2.24) is 0 Å². The van der Waals surface area contributed by atoms with Crippen molar-refractivity contribution in [2.45, 2.75) is 59.0 Å². The predicted octanol–water partition coefficient (Wildman–Crippen LogP) is 5.97. The van der Waals surface area contributed by atoms with Gasteiger partial charge in [-0.25, -0.2) is 0 Å². The van der Waals surface area contributed by atoms with Gasteiger partial charge in [-0.15, -0.1) is 0 Å². The van der Waals surface area contributed by atoms with Gasteiger partial charge in [-0.2, -0.15) is 0 Å². The van der Waals surface area contributed by atoms with E-state index in [-0.39, 0.29) is 0 Å². The Kier molecular flexibility index (Phi) is 9.51. The van der Waals surface area contributed by atoms with Crippen molar-refractivity contribution in [3.05, 3.63) is 0 Å². The van der Waals surface area contributed by atoms with Gasteiger partial charge in [0.1, 0.15) is 0 Å². The Morgan fingerprint density at radius 1 is 1.11 bits per heavy atom. The van der Waals surface area contributed by atoms with E-state index in [1.807, 2.05) is 0 Å². The average molecular weight is 478 g/mol. The Labute approximate surface area is 146 Å². The second-order valence-electron chi connectivity index (χ2n) is 4.80. The van der Waals surface area contributed by atoms with Crippen LogP contribution in [0.4, 0.5) is 0 Å². The molecule has 0 aliphatic carbocycles. The van der Waals surface area contributed by atoms with Crippen LogP contribution in [-0.2, 0) is 0 Å². The molecule has 0 N–H and O–H groups in total. The van der Waals surface area contributed by atoms with Crippen LogP contribution in [0.1, 0.15) is 40.0 Å². The van der Waals surface area contributed by atoms with Gasteiger partial charge in [0.2, 0.25) is 0 Å². The molecule has 3 unspecified atom stereocenters. The molecule has 2 heterocycles. The fourth-order valence-electron chi connectivity index (χ4n) is 1.53. The zero-order valence-electron chi connectivity index (χ0n) is 11.8. The summed E-state index contributed by atoms with van der Waals surface area (Å²) in [6.07, 6.45) is 4.30. The number of rotatable bonds is 9. The van der Waals surface area contributed by atoms with E-state index in [0.717, 1.165) is 19.0 Å². The summed E-state index contributed by atoms with van der Waals surface area (Å²) in [6.45, 7) is 7.07. The molecule has 7 heteroatoms. The Balaban J connectivity index is 1.79. The molecule has 0 saturated carbocycles. The maximum atomic E-state index is 2.44. The first kappa shape index (κ1) is 18.2. The van der Waals surface area contributed by atoms with Crippen molar-refractivity contribution < 1.29 is 0 Å². The SMILES string of the molecule is CCC(SC(C)C)[S][Sn]([S]C1CCS1)[S]C1CCS1. The van der Waals surface area contributed by atoms with E-state index in [2.05, 4.69) is 82.9 Å². The molecular weight excluding hydrogens is 455 g/mol. The monoisotopic (exact) mass is 479 g/mol. The summed E-state index contributed by atoms with van der Waals surface area (Å²) in [5, 5.41) is 0.785. The Morgan fingerprint density at radius 3 is 1.95 bits per heavy atom. The zero-order chi connectivity index (χ0) is 13.7. The van der Waals surface area contributed by atoms with Gasteiger partial charge >= 0.3 is 148 Å². The quantitative estimate of drug-likeness (QED) is 0.294.